The lowest BCUT2D eigenvalue weighted by Gasteiger charge is -2.70. The fraction of sp³-hybridized carbons (Fsp3) is 0.889. The van der Waals surface area contributed by atoms with Crippen LogP contribution in [0.25, 0.3) is 0 Å². The topological polar surface area (TPSA) is 129 Å². The number of epoxide rings is 1. The van der Waals surface area contributed by atoms with Gasteiger partial charge in [0.05, 0.1) is 25.4 Å². The number of allylic oxidation sites excluding steroid dienone is 2. The van der Waals surface area contributed by atoms with Crippen molar-refractivity contribution < 1.29 is 34.4 Å². The van der Waals surface area contributed by atoms with Crippen LogP contribution >= 0.6 is 0 Å². The molecule has 6 rings (SSSR count). The molecule has 5 fully saturated rings. The van der Waals surface area contributed by atoms with Crippen LogP contribution in [-0.2, 0) is 19.1 Å². The first kappa shape index (κ1) is 32.6. The number of rotatable bonds is 8. The molecule has 0 amide bonds. The predicted octanol–water partition coefficient (Wildman–Crippen LogP) is 5.10. The third-order valence-electron chi connectivity index (χ3n) is 14.8. The van der Waals surface area contributed by atoms with E-state index in [0.717, 1.165) is 51.4 Å². The molecule has 12 atom stereocenters. The summed E-state index contributed by atoms with van der Waals surface area (Å²) in [5.74, 6) is -0.0177. The molecule has 3 unspecified atom stereocenters. The van der Waals surface area contributed by atoms with Gasteiger partial charge in [-0.2, -0.15) is 0 Å². The molecule has 0 aromatic carbocycles. The van der Waals surface area contributed by atoms with E-state index in [1.54, 1.807) is 0 Å². The maximum absolute atomic E-state index is 14.6. The second-order valence-corrected chi connectivity index (χ2v) is 17.7. The van der Waals surface area contributed by atoms with Crippen LogP contribution in [0.3, 0.4) is 0 Å². The normalized spacial score (nSPS) is 49.9. The summed E-state index contributed by atoms with van der Waals surface area (Å²) in [5.41, 5.74) is 1.02. The van der Waals surface area contributed by atoms with E-state index in [0.29, 0.717) is 17.6 Å². The summed E-state index contributed by atoms with van der Waals surface area (Å²) in [6.45, 7) is 16.8. The van der Waals surface area contributed by atoms with Gasteiger partial charge in [-0.15, -0.1) is 0 Å². The van der Waals surface area contributed by atoms with Gasteiger partial charge in [0, 0.05) is 12.5 Å². The van der Waals surface area contributed by atoms with Crippen molar-refractivity contribution in [3.8, 4) is 0 Å². The number of ketones is 1. The fourth-order valence-electron chi connectivity index (χ4n) is 12.0. The largest absolute Gasteiger partial charge is 0.480 e. The van der Waals surface area contributed by atoms with Crippen LogP contribution in [0.5, 0.6) is 0 Å². The summed E-state index contributed by atoms with van der Waals surface area (Å²) in [7, 11) is 0. The number of aliphatic hydroxyl groups excluding tert-OH is 2. The third kappa shape index (κ3) is 4.79. The van der Waals surface area contributed by atoms with Crippen LogP contribution in [0.1, 0.15) is 106 Å². The number of aliphatic carboxylic acids is 1. The zero-order chi connectivity index (χ0) is 32.1. The van der Waals surface area contributed by atoms with Crippen molar-refractivity contribution in [2.45, 2.75) is 131 Å². The monoisotopic (exact) mass is 615 g/mol. The first-order valence-electron chi connectivity index (χ1n) is 17.2. The summed E-state index contributed by atoms with van der Waals surface area (Å²) in [4.78, 5) is 25.4. The maximum Gasteiger partial charge on any atom is 0.317 e. The molecule has 1 heterocycles. The maximum atomic E-state index is 14.6. The molecule has 0 spiro atoms. The van der Waals surface area contributed by atoms with Crippen molar-refractivity contribution >= 4 is 11.8 Å². The molecule has 8 nitrogen and oxygen atoms in total. The van der Waals surface area contributed by atoms with Crippen molar-refractivity contribution in [3.63, 3.8) is 0 Å². The fourth-order valence-corrected chi connectivity index (χ4v) is 12.0. The van der Waals surface area contributed by atoms with Gasteiger partial charge in [-0.05, 0) is 108 Å². The van der Waals surface area contributed by atoms with Crippen molar-refractivity contribution in [1.29, 1.82) is 0 Å². The minimum atomic E-state index is -0.949. The summed E-state index contributed by atoms with van der Waals surface area (Å²) < 4.78 is 12.0. The van der Waals surface area contributed by atoms with Gasteiger partial charge in [0.1, 0.15) is 6.10 Å². The highest BCUT2D eigenvalue weighted by molar-refractivity contribution is 5.95. The highest BCUT2D eigenvalue weighted by Gasteiger charge is 2.70. The Morgan fingerprint density at radius 3 is 2.34 bits per heavy atom. The lowest BCUT2D eigenvalue weighted by atomic mass is 9.33. The Hall–Kier alpha value is -1.32. The van der Waals surface area contributed by atoms with Crippen molar-refractivity contribution in [1.82, 2.24) is 5.32 Å². The molecule has 0 bridgehead atoms. The van der Waals surface area contributed by atoms with Crippen LogP contribution in [-0.4, -0.2) is 71.4 Å². The van der Waals surface area contributed by atoms with Gasteiger partial charge in [0.2, 0.25) is 0 Å². The number of fused-ring (bicyclic) bond motifs is 7. The standard InChI is InChI=1S/C36H57NO7/c1-31(2)25-8-11-36(7)28(34(25,5)10-9-26(31)43-20-21(38)18-37-19-27(40)41)24(39)16-22-23-17-33(4,29-30(42)44-29)13-12-32(23,3)14-15-35(22,36)6/h16,21,23,25-26,28-30,37-38,42H,8-15,17-20H2,1-7H3,(H,40,41)/t21?,23-,25-,26-,28+,29?,30?,32+,33-,34-,35+,36+/m0/s1. The molecule has 1 saturated heterocycles. The Labute approximate surface area is 263 Å². The van der Waals surface area contributed by atoms with Gasteiger partial charge >= 0.3 is 5.97 Å². The first-order valence-corrected chi connectivity index (χ1v) is 17.2. The van der Waals surface area contributed by atoms with E-state index < -0.39 is 18.4 Å². The number of aliphatic hydroxyl groups is 2. The Balaban J connectivity index is 1.25. The number of ether oxygens (including phenoxy) is 2. The highest BCUT2D eigenvalue weighted by atomic mass is 16.7. The SMILES string of the molecule is CC1(C)[C@@H](OCC(O)CNCC(=O)O)CC[C@]2(C)[C@H]3C(=O)C=C4[C@@H]5C[C@@](C)(C6OC6O)CC[C@]5(C)CC[C@@]4(C)[C@]3(C)CC[C@@H]12. The predicted molar refractivity (Wildman–Crippen MR) is 167 cm³/mol. The van der Waals surface area contributed by atoms with Crippen LogP contribution in [0.4, 0.5) is 0 Å². The number of nitrogens with one attached hydrogen (secondary N) is 1. The first-order chi connectivity index (χ1) is 20.4. The molecule has 4 N–H and O–H groups in total. The van der Waals surface area contributed by atoms with Crippen LogP contribution in [0, 0.1) is 50.2 Å². The quantitative estimate of drug-likeness (QED) is 0.278. The molecule has 1 aliphatic heterocycles. The van der Waals surface area contributed by atoms with Gasteiger partial charge < -0.3 is 30.1 Å². The zero-order valence-corrected chi connectivity index (χ0v) is 28.1. The van der Waals surface area contributed by atoms with Crippen molar-refractivity contribution in [2.75, 3.05) is 19.7 Å². The number of carbonyl (C=O) groups excluding carboxylic acids is 1. The second kappa shape index (κ2) is 10.6. The average molecular weight is 616 g/mol. The van der Waals surface area contributed by atoms with Gasteiger partial charge in [-0.25, -0.2) is 0 Å². The van der Waals surface area contributed by atoms with Crippen molar-refractivity contribution in [3.05, 3.63) is 11.6 Å². The van der Waals surface area contributed by atoms with E-state index in [9.17, 15) is 19.8 Å². The van der Waals surface area contributed by atoms with Crippen LogP contribution < -0.4 is 5.32 Å². The number of carboxylic acid groups (broad SMARTS) is 1. The molecule has 5 aliphatic carbocycles. The lowest BCUT2D eigenvalue weighted by Crippen LogP contribution is -2.66. The molecular weight excluding hydrogens is 558 g/mol. The molecule has 248 valence electrons. The number of carbonyl (C=O) groups is 2. The minimum absolute atomic E-state index is 0.0327. The van der Waals surface area contributed by atoms with E-state index >= 15 is 0 Å². The molecular formula is C36H57NO7. The average Bonchev–Trinajstić information content (AvgIpc) is 3.67. The number of carboxylic acids is 1. The molecule has 0 radical (unpaired) electrons. The van der Waals surface area contributed by atoms with Gasteiger partial charge in [-0.3, -0.25) is 9.59 Å². The molecule has 44 heavy (non-hydrogen) atoms. The smallest absolute Gasteiger partial charge is 0.317 e. The van der Waals surface area contributed by atoms with E-state index in [1.165, 1.54) is 12.0 Å². The highest BCUT2D eigenvalue weighted by Crippen LogP contribution is 2.75. The van der Waals surface area contributed by atoms with Crippen molar-refractivity contribution in [2.24, 2.45) is 50.2 Å². The Morgan fingerprint density at radius 2 is 1.68 bits per heavy atom. The molecule has 0 aromatic heterocycles. The van der Waals surface area contributed by atoms with E-state index in [1.807, 2.05) is 0 Å². The van der Waals surface area contributed by atoms with Crippen LogP contribution in [0.2, 0.25) is 0 Å². The molecule has 6 aliphatic rings. The number of hydrogen-bond acceptors (Lipinski definition) is 7. The second-order valence-electron chi connectivity index (χ2n) is 17.7. The summed E-state index contributed by atoms with van der Waals surface area (Å²) >= 11 is 0. The minimum Gasteiger partial charge on any atom is -0.480 e. The molecule has 0 aromatic rings. The van der Waals surface area contributed by atoms with E-state index in [2.05, 4.69) is 59.9 Å². The third-order valence-corrected chi connectivity index (χ3v) is 14.8. The van der Waals surface area contributed by atoms with Gasteiger partial charge in [-0.1, -0.05) is 54.0 Å². The zero-order valence-electron chi connectivity index (χ0n) is 28.1. The van der Waals surface area contributed by atoms with E-state index in [-0.39, 0.29) is 70.3 Å². The Morgan fingerprint density at radius 1 is 1.02 bits per heavy atom. The summed E-state index contributed by atoms with van der Waals surface area (Å²) in [5, 5.41) is 32.3. The van der Waals surface area contributed by atoms with E-state index in [4.69, 9.17) is 14.6 Å². The van der Waals surface area contributed by atoms with Gasteiger partial charge in [0.15, 0.2) is 12.1 Å². The number of hydrogen-bond donors (Lipinski definition) is 4. The summed E-state index contributed by atoms with van der Waals surface area (Å²) in [6.07, 6.45) is 9.86. The molecule has 8 heteroatoms. The summed E-state index contributed by atoms with van der Waals surface area (Å²) in [6, 6.07) is 0. The lowest BCUT2D eigenvalue weighted by molar-refractivity contribution is -0.211. The molecule has 4 saturated carbocycles. The Bertz CT molecular complexity index is 1220. The van der Waals surface area contributed by atoms with Crippen LogP contribution in [0.15, 0.2) is 11.6 Å². The van der Waals surface area contributed by atoms with Gasteiger partial charge in [0.25, 0.3) is 0 Å². The Kier molecular flexibility index (Phi) is 7.85.